The summed E-state index contributed by atoms with van der Waals surface area (Å²) in [7, 11) is 0. The van der Waals surface area contributed by atoms with Gasteiger partial charge < -0.3 is 20.5 Å². The van der Waals surface area contributed by atoms with Crippen molar-refractivity contribution in [1.29, 1.82) is 0 Å². The third kappa shape index (κ3) is 5.37. The van der Waals surface area contributed by atoms with E-state index in [9.17, 15) is 4.79 Å². The monoisotopic (exact) mass is 244 g/mol. The van der Waals surface area contributed by atoms with Crippen molar-refractivity contribution >= 4 is 6.09 Å². The van der Waals surface area contributed by atoms with Crippen molar-refractivity contribution in [3.05, 3.63) is 0 Å². The number of nitrogens with two attached hydrogens (primary N) is 1. The first-order valence-electron chi connectivity index (χ1n) is 6.14. The predicted octanol–water partition coefficient (Wildman–Crippen LogP) is 1.41. The Labute approximate surface area is 103 Å². The average Bonchev–Trinajstić information content (AvgIpc) is 2.15. The summed E-state index contributed by atoms with van der Waals surface area (Å²) >= 11 is 0. The van der Waals surface area contributed by atoms with Crippen LogP contribution < -0.4 is 11.1 Å². The molecule has 0 aromatic rings. The third-order valence-corrected chi connectivity index (χ3v) is 2.62. The molecular weight excluding hydrogens is 220 g/mol. The minimum atomic E-state index is -0.464. The molecule has 0 aromatic heterocycles. The van der Waals surface area contributed by atoms with Gasteiger partial charge in [0.2, 0.25) is 0 Å². The highest BCUT2D eigenvalue weighted by atomic mass is 16.6. The molecule has 0 unspecified atom stereocenters. The summed E-state index contributed by atoms with van der Waals surface area (Å²) in [5.41, 5.74) is 5.30. The lowest BCUT2D eigenvalue weighted by Crippen LogP contribution is -2.47. The lowest BCUT2D eigenvalue weighted by atomic mass is 10.0. The molecule has 1 rings (SSSR count). The van der Waals surface area contributed by atoms with Crippen LogP contribution in [0.25, 0.3) is 0 Å². The molecule has 1 amide bonds. The van der Waals surface area contributed by atoms with Gasteiger partial charge >= 0.3 is 6.09 Å². The number of hydrogen-bond donors (Lipinski definition) is 2. The topological polar surface area (TPSA) is 73.6 Å². The SMILES string of the molecule is C[C@H](N)[C@@H]1CC[C@@H](NC(=O)OC(C)(C)C)CO1. The second-order valence-corrected chi connectivity index (χ2v) is 5.65. The second-order valence-electron chi connectivity index (χ2n) is 5.65. The molecule has 1 fully saturated rings. The van der Waals surface area contributed by atoms with Gasteiger partial charge in [-0.05, 0) is 40.5 Å². The molecule has 0 radical (unpaired) electrons. The lowest BCUT2D eigenvalue weighted by molar-refractivity contribution is -0.0171. The summed E-state index contributed by atoms with van der Waals surface area (Å²) in [4.78, 5) is 11.5. The largest absolute Gasteiger partial charge is 0.444 e. The first-order valence-corrected chi connectivity index (χ1v) is 6.14. The molecule has 100 valence electrons. The van der Waals surface area contributed by atoms with Gasteiger partial charge in [-0.1, -0.05) is 0 Å². The number of ether oxygens (including phenoxy) is 2. The van der Waals surface area contributed by atoms with E-state index >= 15 is 0 Å². The smallest absolute Gasteiger partial charge is 0.407 e. The van der Waals surface area contributed by atoms with Gasteiger partial charge in [-0.25, -0.2) is 4.79 Å². The van der Waals surface area contributed by atoms with E-state index in [-0.39, 0.29) is 24.3 Å². The van der Waals surface area contributed by atoms with Crippen LogP contribution in [0, 0.1) is 0 Å². The summed E-state index contributed by atoms with van der Waals surface area (Å²) in [5, 5.41) is 2.81. The standard InChI is InChI=1S/C12H24N2O3/c1-8(13)10-6-5-9(7-16-10)14-11(15)17-12(2,3)4/h8-10H,5-7,13H2,1-4H3,(H,14,15)/t8-,9+,10-/m0/s1. The van der Waals surface area contributed by atoms with Crippen molar-refractivity contribution < 1.29 is 14.3 Å². The summed E-state index contributed by atoms with van der Waals surface area (Å²) in [5.74, 6) is 0. The van der Waals surface area contributed by atoms with E-state index in [0.29, 0.717) is 6.61 Å². The zero-order valence-electron chi connectivity index (χ0n) is 11.2. The average molecular weight is 244 g/mol. The summed E-state index contributed by atoms with van der Waals surface area (Å²) < 4.78 is 10.8. The molecule has 0 bridgehead atoms. The second kappa shape index (κ2) is 5.69. The molecule has 5 nitrogen and oxygen atoms in total. The fourth-order valence-corrected chi connectivity index (χ4v) is 1.77. The number of alkyl carbamates (subject to hydrolysis) is 1. The van der Waals surface area contributed by atoms with Crippen LogP contribution in [0.15, 0.2) is 0 Å². The van der Waals surface area contributed by atoms with Crippen molar-refractivity contribution in [3.63, 3.8) is 0 Å². The molecule has 0 aliphatic carbocycles. The molecule has 0 saturated carbocycles. The number of rotatable bonds is 2. The van der Waals surface area contributed by atoms with E-state index in [2.05, 4.69) is 5.32 Å². The lowest BCUT2D eigenvalue weighted by Gasteiger charge is -2.32. The van der Waals surface area contributed by atoms with Gasteiger partial charge in [0.1, 0.15) is 5.60 Å². The maximum Gasteiger partial charge on any atom is 0.407 e. The Balaban J connectivity index is 2.29. The van der Waals surface area contributed by atoms with Crippen molar-refractivity contribution in [2.45, 2.75) is 64.3 Å². The Hall–Kier alpha value is -0.810. The molecule has 17 heavy (non-hydrogen) atoms. The summed E-state index contributed by atoms with van der Waals surface area (Å²) in [6.07, 6.45) is 1.47. The molecule has 1 aliphatic rings. The van der Waals surface area contributed by atoms with E-state index in [1.165, 1.54) is 0 Å². The maximum atomic E-state index is 11.5. The zero-order chi connectivity index (χ0) is 13.1. The van der Waals surface area contributed by atoms with Crippen LogP contribution in [0.1, 0.15) is 40.5 Å². The van der Waals surface area contributed by atoms with Crippen LogP contribution >= 0.6 is 0 Å². The molecular formula is C12H24N2O3. The molecule has 0 aromatic carbocycles. The van der Waals surface area contributed by atoms with E-state index < -0.39 is 5.60 Å². The highest BCUT2D eigenvalue weighted by Crippen LogP contribution is 2.16. The van der Waals surface area contributed by atoms with E-state index in [0.717, 1.165) is 12.8 Å². The highest BCUT2D eigenvalue weighted by molar-refractivity contribution is 5.68. The summed E-state index contributed by atoms with van der Waals surface area (Å²) in [6, 6.07) is 0.0670. The predicted molar refractivity (Wildman–Crippen MR) is 65.8 cm³/mol. The quantitative estimate of drug-likeness (QED) is 0.770. The van der Waals surface area contributed by atoms with Crippen LogP contribution in [0.2, 0.25) is 0 Å². The van der Waals surface area contributed by atoms with Gasteiger partial charge in [0, 0.05) is 6.04 Å². The maximum absolute atomic E-state index is 11.5. The van der Waals surface area contributed by atoms with E-state index in [4.69, 9.17) is 15.2 Å². The zero-order valence-corrected chi connectivity index (χ0v) is 11.2. The molecule has 1 saturated heterocycles. The number of amides is 1. The van der Waals surface area contributed by atoms with Crippen molar-refractivity contribution in [3.8, 4) is 0 Å². The van der Waals surface area contributed by atoms with Crippen LogP contribution in [0.4, 0.5) is 4.79 Å². The van der Waals surface area contributed by atoms with Gasteiger partial charge in [-0.15, -0.1) is 0 Å². The highest BCUT2D eigenvalue weighted by Gasteiger charge is 2.26. The minimum absolute atomic E-state index is 0.0276. The fourth-order valence-electron chi connectivity index (χ4n) is 1.77. The van der Waals surface area contributed by atoms with Crippen LogP contribution in [-0.4, -0.2) is 36.5 Å². The first kappa shape index (κ1) is 14.3. The Kier molecular flexibility index (Phi) is 4.77. The normalized spacial score (nSPS) is 27.4. The number of nitrogens with one attached hydrogen (secondary N) is 1. The summed E-state index contributed by atoms with van der Waals surface area (Å²) in [6.45, 7) is 7.97. The van der Waals surface area contributed by atoms with Crippen molar-refractivity contribution in [2.75, 3.05) is 6.61 Å². The van der Waals surface area contributed by atoms with Gasteiger partial charge in [-0.3, -0.25) is 0 Å². The number of carbonyl (C=O) groups is 1. The first-order chi connectivity index (χ1) is 7.78. The van der Waals surface area contributed by atoms with E-state index in [1.54, 1.807) is 0 Å². The Morgan fingerprint density at radius 1 is 1.47 bits per heavy atom. The third-order valence-electron chi connectivity index (χ3n) is 2.62. The van der Waals surface area contributed by atoms with Crippen LogP contribution in [-0.2, 0) is 9.47 Å². The van der Waals surface area contributed by atoms with Crippen LogP contribution in [0.3, 0.4) is 0 Å². The molecule has 3 atom stereocenters. The molecule has 3 N–H and O–H groups in total. The number of hydrogen-bond acceptors (Lipinski definition) is 4. The fraction of sp³-hybridized carbons (Fsp3) is 0.917. The Bertz CT molecular complexity index is 253. The van der Waals surface area contributed by atoms with Gasteiger partial charge in [0.05, 0.1) is 18.8 Å². The van der Waals surface area contributed by atoms with Crippen molar-refractivity contribution in [2.24, 2.45) is 5.73 Å². The van der Waals surface area contributed by atoms with E-state index in [1.807, 2.05) is 27.7 Å². The molecule has 1 heterocycles. The Morgan fingerprint density at radius 3 is 2.53 bits per heavy atom. The van der Waals surface area contributed by atoms with Gasteiger partial charge in [0.15, 0.2) is 0 Å². The minimum Gasteiger partial charge on any atom is -0.444 e. The molecule has 1 aliphatic heterocycles. The van der Waals surface area contributed by atoms with Crippen LogP contribution in [0.5, 0.6) is 0 Å². The van der Waals surface area contributed by atoms with Gasteiger partial charge in [-0.2, -0.15) is 0 Å². The number of carbonyl (C=O) groups excluding carboxylic acids is 1. The Morgan fingerprint density at radius 2 is 2.12 bits per heavy atom. The van der Waals surface area contributed by atoms with Crippen molar-refractivity contribution in [1.82, 2.24) is 5.32 Å². The van der Waals surface area contributed by atoms with Gasteiger partial charge in [0.25, 0.3) is 0 Å². The molecule has 5 heteroatoms. The molecule has 0 spiro atoms.